The lowest BCUT2D eigenvalue weighted by molar-refractivity contribution is 0.283. The molecule has 12 nitrogen and oxygen atoms in total. The molecule has 0 spiro atoms. The monoisotopic (exact) mass is 168 g/mol. The molecule has 0 unspecified atom stereocenters. The summed E-state index contributed by atoms with van der Waals surface area (Å²) >= 11 is 0. The summed E-state index contributed by atoms with van der Waals surface area (Å²) in [7, 11) is 0. The molecular formula is N12. The molecule has 0 radical (unpaired) electrons. The highest BCUT2D eigenvalue weighted by Gasteiger charge is 1.95. The molecule has 0 rings (SSSR count). The summed E-state index contributed by atoms with van der Waals surface area (Å²) in [5.74, 6) is 0. The highest BCUT2D eigenvalue weighted by molar-refractivity contribution is 4.40. The van der Waals surface area contributed by atoms with Gasteiger partial charge in [0, 0.05) is 15.7 Å². The fourth-order valence-corrected chi connectivity index (χ4v) is 0.197. The quantitative estimate of drug-likeness (QED) is 0.266. The van der Waals surface area contributed by atoms with Crippen LogP contribution in [-0.4, -0.2) is 5.23 Å². The third kappa shape index (κ3) is 4.23. The van der Waals surface area contributed by atoms with Crippen molar-refractivity contribution in [3.8, 4) is 0 Å². The van der Waals surface area contributed by atoms with Crippen LogP contribution in [0.15, 0.2) is 26.1 Å². The van der Waals surface area contributed by atoms with Gasteiger partial charge in [-0.3, -0.25) is 0 Å². The number of nitrogens with zero attached hydrogens (tertiary/aromatic N) is 12. The van der Waals surface area contributed by atoms with Crippen molar-refractivity contribution >= 4 is 0 Å². The predicted molar refractivity (Wildman–Crippen MR) is 34.1 cm³/mol. The number of hydrogen-bond acceptors (Lipinski definition) is 3. The minimum Gasteiger partial charge on any atom is -0.166 e. The van der Waals surface area contributed by atoms with Crippen LogP contribution in [0.25, 0.3) is 31.3 Å². The minimum absolute atomic E-state index is 0.203. The first-order valence-corrected chi connectivity index (χ1v) is 2.20. The topological polar surface area (TPSA) is 174 Å². The van der Waals surface area contributed by atoms with Gasteiger partial charge in [-0.25, -0.2) is 0 Å². The molecule has 0 atom stereocenters. The van der Waals surface area contributed by atoms with Crippen LogP contribution in [0.1, 0.15) is 0 Å². The zero-order chi connectivity index (χ0) is 9.23. The highest BCUT2D eigenvalue weighted by atomic mass is 15.9. The Morgan fingerprint density at radius 3 is 1.92 bits per heavy atom. The van der Waals surface area contributed by atoms with Gasteiger partial charge in [0.2, 0.25) is 0 Å². The molecule has 0 aliphatic carbocycles. The van der Waals surface area contributed by atoms with Crippen LogP contribution >= 0.6 is 0 Å². The third-order valence-corrected chi connectivity index (χ3v) is 0.440. The molecule has 0 amide bonds. The maximum Gasteiger partial charge on any atom is 0.165 e. The molecule has 0 heterocycles. The third-order valence-electron chi connectivity index (χ3n) is 0.440. The van der Waals surface area contributed by atoms with Gasteiger partial charge in [0.15, 0.2) is 5.22 Å². The molecule has 12 heteroatoms. The van der Waals surface area contributed by atoms with Crippen molar-refractivity contribution in [2.45, 2.75) is 0 Å². The van der Waals surface area contributed by atoms with Crippen LogP contribution in [0.2, 0.25) is 0 Å². The smallest absolute Gasteiger partial charge is 0.165 e. The van der Waals surface area contributed by atoms with Gasteiger partial charge in [-0.1, -0.05) is 0 Å². The Balaban J connectivity index is 4.41. The van der Waals surface area contributed by atoms with E-state index in [1.165, 1.54) is 0 Å². The molecular weight excluding hydrogens is 168 g/mol. The zero-order valence-corrected chi connectivity index (χ0v) is 5.37. The van der Waals surface area contributed by atoms with Gasteiger partial charge in [-0.15, -0.1) is 16.6 Å². The maximum atomic E-state index is 7.85. The number of rotatable bonds is 4. The van der Waals surface area contributed by atoms with Crippen molar-refractivity contribution in [1.29, 1.82) is 0 Å². The van der Waals surface area contributed by atoms with Crippen LogP contribution in [0, 0.1) is 0 Å². The van der Waals surface area contributed by atoms with Gasteiger partial charge in [-0.05, 0) is 0 Å². The van der Waals surface area contributed by atoms with Crippen molar-refractivity contribution < 1.29 is 0 Å². The second-order valence-electron chi connectivity index (χ2n) is 0.984. The molecule has 12 heavy (non-hydrogen) atoms. The summed E-state index contributed by atoms with van der Waals surface area (Å²) in [4.78, 5) is 6.66. The fourth-order valence-electron chi connectivity index (χ4n) is 0.197. The Morgan fingerprint density at radius 2 is 1.50 bits per heavy atom. The van der Waals surface area contributed by atoms with Gasteiger partial charge in [0.1, 0.15) is 5.22 Å². The van der Waals surface area contributed by atoms with E-state index in [-0.39, 0.29) is 5.23 Å². The summed E-state index contributed by atoms with van der Waals surface area (Å²) in [5, 5.41) is 13.9. The Morgan fingerprint density at radius 1 is 0.917 bits per heavy atom. The van der Waals surface area contributed by atoms with Gasteiger partial charge in [0.05, 0.1) is 5.22 Å². The van der Waals surface area contributed by atoms with Crippen LogP contribution in [0.3, 0.4) is 0 Å². The first-order valence-electron chi connectivity index (χ1n) is 2.20. The van der Waals surface area contributed by atoms with E-state index < -0.39 is 0 Å². The summed E-state index contributed by atoms with van der Waals surface area (Å²) in [6.07, 6.45) is 0. The van der Waals surface area contributed by atoms with Gasteiger partial charge >= 0.3 is 0 Å². The SMILES string of the molecule is [N-]=[N+]=N/N=N\N(N=[N+]=[N-])N=[N+]=[N-]. The van der Waals surface area contributed by atoms with Crippen molar-refractivity contribution in [2.24, 2.45) is 26.1 Å². The van der Waals surface area contributed by atoms with E-state index in [2.05, 4.69) is 40.9 Å². The predicted octanol–water partition coefficient (Wildman–Crippen LogP) is 2.33. The lowest BCUT2D eigenvalue weighted by Gasteiger charge is -1.87. The molecule has 0 saturated carbocycles. The van der Waals surface area contributed by atoms with E-state index >= 15 is 0 Å². The summed E-state index contributed by atoms with van der Waals surface area (Å²) in [6.45, 7) is 0. The average Bonchev–Trinajstić information content (AvgIpc) is 2.06. The number of hydrogen-bond donors (Lipinski definition) is 0. The van der Waals surface area contributed by atoms with Crippen molar-refractivity contribution in [3.63, 3.8) is 0 Å². The second-order valence-corrected chi connectivity index (χ2v) is 0.984. The maximum absolute atomic E-state index is 7.85. The van der Waals surface area contributed by atoms with Crippen LogP contribution in [-0.2, 0) is 0 Å². The lowest BCUT2D eigenvalue weighted by atomic mass is 12.1. The molecule has 0 fully saturated rings. The minimum atomic E-state index is 0.203. The summed E-state index contributed by atoms with van der Waals surface area (Å²) < 4.78 is 0. The lowest BCUT2D eigenvalue weighted by Crippen LogP contribution is -1.94. The Hall–Kier alpha value is -2.67. The average molecular weight is 168 g/mol. The van der Waals surface area contributed by atoms with Crippen LogP contribution < -0.4 is 0 Å². The molecule has 0 aromatic heterocycles. The highest BCUT2D eigenvalue weighted by Crippen LogP contribution is 1.94. The standard InChI is InChI=1S/N12/c1-4-7-8-11-12(9-5-2)10-6-3/b11-8-. The van der Waals surface area contributed by atoms with E-state index in [0.717, 1.165) is 0 Å². The van der Waals surface area contributed by atoms with Crippen molar-refractivity contribution in [2.75, 3.05) is 0 Å². The molecule has 0 saturated heterocycles. The van der Waals surface area contributed by atoms with Crippen molar-refractivity contribution in [3.05, 3.63) is 31.3 Å². The normalized spacial score (nSPS) is 7.67. The molecule has 0 aromatic carbocycles. The van der Waals surface area contributed by atoms with Gasteiger partial charge < -0.3 is 0 Å². The van der Waals surface area contributed by atoms with Crippen LogP contribution in [0.4, 0.5) is 0 Å². The van der Waals surface area contributed by atoms with E-state index in [0.29, 0.717) is 0 Å². The first-order chi connectivity index (χ1) is 5.85. The van der Waals surface area contributed by atoms with E-state index in [9.17, 15) is 0 Å². The fraction of sp³-hybridized carbons (Fsp3) is 0. The Bertz CT molecular complexity index is 268. The largest absolute Gasteiger partial charge is 0.166 e. The van der Waals surface area contributed by atoms with Crippen LogP contribution in [0.5, 0.6) is 0 Å². The molecule has 0 bridgehead atoms. The Kier molecular flexibility index (Phi) is 5.01. The van der Waals surface area contributed by atoms with E-state index in [4.69, 9.17) is 16.6 Å². The molecule has 0 N–H and O–H groups in total. The summed E-state index contributed by atoms with van der Waals surface area (Å²) in [5.41, 5.74) is 23.4. The number of azide groups is 2. The molecule has 0 aliphatic rings. The second kappa shape index (κ2) is 6.45. The van der Waals surface area contributed by atoms with Crippen molar-refractivity contribution in [1.82, 2.24) is 5.23 Å². The van der Waals surface area contributed by atoms with E-state index in [1.54, 1.807) is 0 Å². The Labute approximate surface area is 63.9 Å². The molecule has 0 aromatic rings. The molecule has 60 valence electrons. The van der Waals surface area contributed by atoms with Gasteiger partial charge in [-0.2, -0.15) is 14.7 Å². The van der Waals surface area contributed by atoms with Gasteiger partial charge in [0.25, 0.3) is 0 Å². The summed E-state index contributed by atoms with van der Waals surface area (Å²) in [6, 6.07) is 0. The van der Waals surface area contributed by atoms with E-state index in [1.807, 2.05) is 0 Å². The molecule has 0 aliphatic heterocycles. The first kappa shape index (κ1) is 9.33. The zero-order valence-electron chi connectivity index (χ0n) is 5.37.